The minimum absolute atomic E-state index is 0.0417. The van der Waals surface area contributed by atoms with Crippen LogP contribution in [0, 0.1) is 5.92 Å². The van der Waals surface area contributed by atoms with E-state index < -0.39 is 11.8 Å². The van der Waals surface area contributed by atoms with Gasteiger partial charge in [-0.3, -0.25) is 14.6 Å². The molecule has 9 heteroatoms. The van der Waals surface area contributed by atoms with Crippen LogP contribution >= 0.6 is 0 Å². The maximum absolute atomic E-state index is 13.3. The summed E-state index contributed by atoms with van der Waals surface area (Å²) in [4.78, 5) is 30.4. The number of hydrogen-bond acceptors (Lipinski definition) is 7. The zero-order valence-electron chi connectivity index (χ0n) is 19.9. The highest BCUT2D eigenvalue weighted by atomic mass is 16.5. The Morgan fingerprint density at radius 2 is 1.91 bits per heavy atom. The SMILES string of the molecule is COCC1=CC=C(C(NC(=O)C2CN=C(c3cccnn3)NC2=O)c2ccc(COC)cc2)CC1. The zero-order valence-corrected chi connectivity index (χ0v) is 19.9. The van der Waals surface area contributed by atoms with E-state index in [-0.39, 0.29) is 18.5 Å². The van der Waals surface area contributed by atoms with Crippen LogP contribution in [0.1, 0.15) is 35.7 Å². The first-order chi connectivity index (χ1) is 17.1. The summed E-state index contributed by atoms with van der Waals surface area (Å²) in [5.41, 5.74) is 4.71. The van der Waals surface area contributed by atoms with Gasteiger partial charge in [-0.05, 0) is 47.2 Å². The van der Waals surface area contributed by atoms with Gasteiger partial charge in [0.05, 0.1) is 25.8 Å². The highest BCUT2D eigenvalue weighted by Crippen LogP contribution is 2.31. The molecule has 0 bridgehead atoms. The van der Waals surface area contributed by atoms with E-state index in [0.717, 1.165) is 29.5 Å². The molecule has 2 atom stereocenters. The number of benzene rings is 1. The molecule has 0 fully saturated rings. The van der Waals surface area contributed by atoms with Gasteiger partial charge in [-0.15, -0.1) is 5.10 Å². The Kier molecular flexibility index (Phi) is 8.12. The smallest absolute Gasteiger partial charge is 0.240 e. The van der Waals surface area contributed by atoms with Crippen molar-refractivity contribution < 1.29 is 19.1 Å². The minimum Gasteiger partial charge on any atom is -0.380 e. The molecular formula is C26H29N5O4. The highest BCUT2D eigenvalue weighted by Gasteiger charge is 2.33. The second-order valence-electron chi connectivity index (χ2n) is 8.46. The van der Waals surface area contributed by atoms with Crippen LogP contribution in [0.25, 0.3) is 0 Å². The van der Waals surface area contributed by atoms with Gasteiger partial charge in [0.2, 0.25) is 11.8 Å². The van der Waals surface area contributed by atoms with Crippen molar-refractivity contribution in [2.75, 3.05) is 27.4 Å². The summed E-state index contributed by atoms with van der Waals surface area (Å²) in [6.07, 6.45) is 7.26. The van der Waals surface area contributed by atoms with E-state index in [1.54, 1.807) is 32.5 Å². The molecule has 35 heavy (non-hydrogen) atoms. The van der Waals surface area contributed by atoms with Crippen molar-refractivity contribution in [3.63, 3.8) is 0 Å². The topological polar surface area (TPSA) is 115 Å². The van der Waals surface area contributed by atoms with Crippen molar-refractivity contribution >= 4 is 17.6 Å². The molecule has 1 aromatic carbocycles. The van der Waals surface area contributed by atoms with Crippen LogP contribution in [0.5, 0.6) is 0 Å². The van der Waals surface area contributed by atoms with Crippen molar-refractivity contribution in [3.8, 4) is 0 Å². The summed E-state index contributed by atoms with van der Waals surface area (Å²) in [6, 6.07) is 11.0. The lowest BCUT2D eigenvalue weighted by Gasteiger charge is -2.28. The molecule has 2 amide bonds. The van der Waals surface area contributed by atoms with Gasteiger partial charge in [0.25, 0.3) is 0 Å². The number of hydrogen-bond donors (Lipinski definition) is 2. The van der Waals surface area contributed by atoms with E-state index >= 15 is 0 Å². The van der Waals surface area contributed by atoms with Gasteiger partial charge in [-0.2, -0.15) is 5.10 Å². The average Bonchev–Trinajstić information content (AvgIpc) is 2.89. The predicted molar refractivity (Wildman–Crippen MR) is 130 cm³/mol. The Morgan fingerprint density at radius 3 is 2.54 bits per heavy atom. The first-order valence-corrected chi connectivity index (χ1v) is 11.5. The maximum Gasteiger partial charge on any atom is 0.240 e. The quantitative estimate of drug-likeness (QED) is 0.538. The van der Waals surface area contributed by atoms with E-state index in [2.05, 4.69) is 25.8 Å². The van der Waals surface area contributed by atoms with Gasteiger partial charge in [0, 0.05) is 20.4 Å². The lowest BCUT2D eigenvalue weighted by molar-refractivity contribution is -0.134. The molecule has 182 valence electrons. The van der Waals surface area contributed by atoms with Crippen LogP contribution in [-0.2, 0) is 25.7 Å². The number of carbonyl (C=O) groups excluding carboxylic acids is 2. The molecule has 1 aliphatic carbocycles. The minimum atomic E-state index is -0.936. The molecule has 2 N–H and O–H groups in total. The Balaban J connectivity index is 1.54. The molecule has 2 heterocycles. The highest BCUT2D eigenvalue weighted by molar-refractivity contribution is 6.14. The predicted octanol–water partition coefficient (Wildman–Crippen LogP) is 2.27. The number of nitrogens with zero attached hydrogens (tertiary/aromatic N) is 3. The third kappa shape index (κ3) is 6.06. The Bertz CT molecular complexity index is 1140. The van der Waals surface area contributed by atoms with Gasteiger partial charge in [-0.25, -0.2) is 0 Å². The van der Waals surface area contributed by atoms with Crippen LogP contribution in [0.3, 0.4) is 0 Å². The molecule has 0 saturated carbocycles. The number of rotatable bonds is 9. The molecule has 2 aliphatic rings. The monoisotopic (exact) mass is 475 g/mol. The van der Waals surface area contributed by atoms with Crippen molar-refractivity contribution in [1.29, 1.82) is 0 Å². The molecule has 4 rings (SSSR count). The van der Waals surface area contributed by atoms with Gasteiger partial charge in [-0.1, -0.05) is 36.4 Å². The maximum atomic E-state index is 13.3. The van der Waals surface area contributed by atoms with Crippen LogP contribution in [0.2, 0.25) is 0 Å². The Morgan fingerprint density at radius 1 is 1.11 bits per heavy atom. The van der Waals surface area contributed by atoms with Gasteiger partial charge in [0.1, 0.15) is 11.6 Å². The number of allylic oxidation sites excluding steroid dienone is 2. The van der Waals surface area contributed by atoms with Gasteiger partial charge < -0.3 is 20.1 Å². The summed E-state index contributed by atoms with van der Waals surface area (Å²) in [5, 5.41) is 13.6. The van der Waals surface area contributed by atoms with E-state index in [1.807, 2.05) is 36.4 Å². The molecule has 0 spiro atoms. The number of methoxy groups -OCH3 is 2. The third-order valence-corrected chi connectivity index (χ3v) is 6.00. The van der Waals surface area contributed by atoms with Crippen LogP contribution in [0.4, 0.5) is 0 Å². The van der Waals surface area contributed by atoms with Gasteiger partial charge in [0.15, 0.2) is 5.84 Å². The summed E-state index contributed by atoms with van der Waals surface area (Å²) in [6.45, 7) is 1.14. The van der Waals surface area contributed by atoms with Crippen LogP contribution < -0.4 is 10.6 Å². The van der Waals surface area contributed by atoms with Crippen LogP contribution in [0.15, 0.2) is 70.9 Å². The Hall–Kier alpha value is -3.69. The largest absolute Gasteiger partial charge is 0.380 e. The van der Waals surface area contributed by atoms with Crippen molar-refractivity contribution in [1.82, 2.24) is 20.8 Å². The molecule has 2 aromatic rings. The number of aromatic nitrogens is 2. The summed E-state index contributed by atoms with van der Waals surface area (Å²) in [5.74, 6) is -1.40. The number of carbonyl (C=O) groups is 2. The average molecular weight is 476 g/mol. The number of amidine groups is 1. The van der Waals surface area contributed by atoms with Crippen LogP contribution in [-0.4, -0.2) is 55.2 Å². The summed E-state index contributed by atoms with van der Waals surface area (Å²) < 4.78 is 10.5. The zero-order chi connectivity index (χ0) is 24.6. The van der Waals surface area contributed by atoms with E-state index in [0.29, 0.717) is 24.7 Å². The normalized spacial score (nSPS) is 18.6. The van der Waals surface area contributed by atoms with Crippen molar-refractivity contribution in [2.24, 2.45) is 10.9 Å². The molecule has 1 aromatic heterocycles. The van der Waals surface area contributed by atoms with Gasteiger partial charge >= 0.3 is 0 Å². The summed E-state index contributed by atoms with van der Waals surface area (Å²) in [7, 11) is 3.33. The number of amides is 2. The number of aliphatic imine (C=N–C) groups is 1. The van der Waals surface area contributed by atoms with E-state index in [9.17, 15) is 9.59 Å². The second kappa shape index (κ2) is 11.6. The van der Waals surface area contributed by atoms with Crippen molar-refractivity contribution in [3.05, 3.63) is 82.7 Å². The molecule has 1 aliphatic heterocycles. The molecular weight excluding hydrogens is 446 g/mol. The fourth-order valence-corrected chi connectivity index (χ4v) is 4.13. The Labute approximate surface area is 204 Å². The fourth-order valence-electron chi connectivity index (χ4n) is 4.13. The number of ether oxygens (including phenoxy) is 2. The molecule has 9 nitrogen and oxygen atoms in total. The lowest BCUT2D eigenvalue weighted by atomic mass is 9.89. The summed E-state index contributed by atoms with van der Waals surface area (Å²) >= 11 is 0. The molecule has 0 radical (unpaired) electrons. The lowest BCUT2D eigenvalue weighted by Crippen LogP contribution is -2.49. The second-order valence-corrected chi connectivity index (χ2v) is 8.46. The molecule has 0 saturated heterocycles. The first kappa shape index (κ1) is 24.4. The van der Waals surface area contributed by atoms with E-state index in [4.69, 9.17) is 9.47 Å². The first-order valence-electron chi connectivity index (χ1n) is 11.5. The number of nitrogens with one attached hydrogen (secondary N) is 2. The van der Waals surface area contributed by atoms with E-state index in [1.165, 1.54) is 5.57 Å². The molecule has 2 unspecified atom stereocenters. The van der Waals surface area contributed by atoms with Crippen molar-refractivity contribution in [2.45, 2.75) is 25.5 Å². The third-order valence-electron chi connectivity index (χ3n) is 6.00. The standard InChI is InChI=1S/C26H29N5O4/c1-34-15-17-5-9-19(10-6-17)23(20-11-7-18(8-12-20)16-35-2)29-25(32)21-14-27-24(30-26(21)33)22-4-3-13-28-31-22/h3-7,9-11,13,21,23H,8,12,14-16H2,1-2H3,(H,29,32)(H,27,30,33). The fraction of sp³-hybridized carbons (Fsp3) is 0.346.